The number of hydrogen-bond donors (Lipinski definition) is 0. The molecule has 0 saturated carbocycles. The first-order valence-electron chi connectivity index (χ1n) is 4.73. The number of nitrogens with zero attached hydrogens (tertiary/aromatic N) is 1. The molecule has 7 heteroatoms. The lowest BCUT2D eigenvalue weighted by Gasteiger charge is -2.35. The first-order valence-corrected chi connectivity index (χ1v) is 6.75. The maximum Gasteiger partial charge on any atom is 0.391 e. The van der Waals surface area contributed by atoms with E-state index in [-0.39, 0.29) is 25.9 Å². The van der Waals surface area contributed by atoms with Crippen molar-refractivity contribution in [3.05, 3.63) is 0 Å². The van der Waals surface area contributed by atoms with E-state index < -0.39 is 19.6 Å². The highest BCUT2D eigenvalue weighted by Crippen LogP contribution is 2.49. The van der Waals surface area contributed by atoms with Crippen molar-refractivity contribution in [3.8, 4) is 0 Å². The Bertz CT molecular complexity index is 261. The number of rotatable bonds is 2. The van der Waals surface area contributed by atoms with E-state index in [4.69, 9.17) is 4.52 Å². The fraction of sp³-hybridized carbons (Fsp3) is 1.00. The fourth-order valence-electron chi connectivity index (χ4n) is 1.67. The first-order chi connectivity index (χ1) is 6.77. The van der Waals surface area contributed by atoms with Crippen molar-refractivity contribution in [1.82, 2.24) is 4.67 Å². The Labute approximate surface area is 87.1 Å². The summed E-state index contributed by atoms with van der Waals surface area (Å²) in [5.41, 5.74) is 0. The second kappa shape index (κ2) is 4.44. The zero-order chi connectivity index (χ0) is 11.7. The summed E-state index contributed by atoms with van der Waals surface area (Å²) in [4.78, 5) is 0. The molecule has 1 atom stereocenters. The molecule has 3 nitrogen and oxygen atoms in total. The van der Waals surface area contributed by atoms with Crippen molar-refractivity contribution in [3.63, 3.8) is 0 Å². The van der Waals surface area contributed by atoms with Gasteiger partial charge in [-0.15, -0.1) is 0 Å². The van der Waals surface area contributed by atoms with Gasteiger partial charge in [-0.25, -0.2) is 4.67 Å². The van der Waals surface area contributed by atoms with E-state index in [1.165, 1.54) is 18.4 Å². The van der Waals surface area contributed by atoms with E-state index in [0.717, 1.165) is 0 Å². The van der Waals surface area contributed by atoms with E-state index in [2.05, 4.69) is 0 Å². The maximum atomic E-state index is 12.3. The Balaban J connectivity index is 2.53. The van der Waals surface area contributed by atoms with Gasteiger partial charge in [-0.1, -0.05) is 0 Å². The molecule has 0 bridgehead atoms. The highest BCUT2D eigenvalue weighted by molar-refractivity contribution is 7.55. The summed E-state index contributed by atoms with van der Waals surface area (Å²) < 4.78 is 55.0. The van der Waals surface area contributed by atoms with Gasteiger partial charge in [0.2, 0.25) is 0 Å². The van der Waals surface area contributed by atoms with Crippen molar-refractivity contribution in [2.45, 2.75) is 19.0 Å². The molecule has 1 heterocycles. The molecular formula is C8H15F3NO2P. The molecule has 0 radical (unpaired) electrons. The lowest BCUT2D eigenvalue weighted by molar-refractivity contribution is -0.183. The normalized spacial score (nSPS) is 25.1. The van der Waals surface area contributed by atoms with Crippen LogP contribution in [0.1, 0.15) is 12.8 Å². The van der Waals surface area contributed by atoms with Crippen LogP contribution < -0.4 is 0 Å². The second-order valence-electron chi connectivity index (χ2n) is 3.76. The van der Waals surface area contributed by atoms with Crippen LogP contribution in [0.5, 0.6) is 0 Å². The Kier molecular flexibility index (Phi) is 3.85. The number of halogens is 3. The van der Waals surface area contributed by atoms with Crippen LogP contribution in [0, 0.1) is 5.92 Å². The van der Waals surface area contributed by atoms with Crippen LogP contribution >= 0.6 is 7.52 Å². The first kappa shape index (κ1) is 13.0. The summed E-state index contributed by atoms with van der Waals surface area (Å²) in [6.45, 7) is 1.80. The molecule has 0 aromatic heterocycles. The average Bonchev–Trinajstić information content (AvgIpc) is 2.17. The van der Waals surface area contributed by atoms with Crippen LogP contribution in [-0.2, 0) is 9.09 Å². The minimum Gasteiger partial charge on any atom is -0.321 e. The molecular weight excluding hydrogens is 230 g/mol. The average molecular weight is 245 g/mol. The van der Waals surface area contributed by atoms with E-state index in [1.807, 2.05) is 0 Å². The Morgan fingerprint density at radius 1 is 1.33 bits per heavy atom. The van der Waals surface area contributed by atoms with E-state index in [9.17, 15) is 17.7 Å². The summed E-state index contributed by atoms with van der Waals surface area (Å²) in [6, 6.07) is 0. The van der Waals surface area contributed by atoms with Gasteiger partial charge in [0.25, 0.3) is 7.52 Å². The van der Waals surface area contributed by atoms with Gasteiger partial charge in [0.05, 0.1) is 5.92 Å². The second-order valence-corrected chi connectivity index (χ2v) is 6.29. The van der Waals surface area contributed by atoms with Crippen LogP contribution in [0.3, 0.4) is 0 Å². The van der Waals surface area contributed by atoms with Gasteiger partial charge < -0.3 is 4.52 Å². The largest absolute Gasteiger partial charge is 0.391 e. The molecule has 1 unspecified atom stereocenters. The highest BCUT2D eigenvalue weighted by Gasteiger charge is 2.43. The lowest BCUT2D eigenvalue weighted by atomic mass is 9.98. The lowest BCUT2D eigenvalue weighted by Crippen LogP contribution is -2.37. The van der Waals surface area contributed by atoms with Gasteiger partial charge in [0, 0.05) is 26.9 Å². The summed E-state index contributed by atoms with van der Waals surface area (Å²) in [5.74, 6) is -1.26. The van der Waals surface area contributed by atoms with Crippen molar-refractivity contribution < 1.29 is 22.3 Å². The van der Waals surface area contributed by atoms with Crippen LogP contribution in [0.15, 0.2) is 0 Å². The monoisotopic (exact) mass is 245 g/mol. The maximum absolute atomic E-state index is 12.3. The standard InChI is InChI=1S/C8H15F3NO2P/c1-14-15(2,13)12-5-3-7(4-6-12)8(9,10)11/h7H,3-6H2,1-2H3. The zero-order valence-electron chi connectivity index (χ0n) is 8.75. The van der Waals surface area contributed by atoms with Crippen LogP contribution in [0.2, 0.25) is 0 Å². The summed E-state index contributed by atoms with van der Waals surface area (Å²) in [5, 5.41) is 0. The minimum atomic E-state index is -4.13. The molecule has 1 saturated heterocycles. The summed E-state index contributed by atoms with van der Waals surface area (Å²) in [7, 11) is -1.55. The quantitative estimate of drug-likeness (QED) is 0.700. The smallest absolute Gasteiger partial charge is 0.321 e. The molecule has 0 aromatic rings. The molecule has 0 aromatic carbocycles. The zero-order valence-corrected chi connectivity index (χ0v) is 9.65. The van der Waals surface area contributed by atoms with Gasteiger partial charge in [-0.2, -0.15) is 13.2 Å². The number of alkyl halides is 3. The van der Waals surface area contributed by atoms with Gasteiger partial charge in [0.15, 0.2) is 0 Å². The van der Waals surface area contributed by atoms with Crippen molar-refractivity contribution in [2.75, 3.05) is 26.9 Å². The van der Waals surface area contributed by atoms with Gasteiger partial charge >= 0.3 is 6.18 Å². The predicted octanol–water partition coefficient (Wildman–Crippen LogP) is 2.73. The topological polar surface area (TPSA) is 29.5 Å². The summed E-state index contributed by atoms with van der Waals surface area (Å²) >= 11 is 0. The van der Waals surface area contributed by atoms with Crippen molar-refractivity contribution >= 4 is 7.52 Å². The number of hydrogen-bond acceptors (Lipinski definition) is 2. The third-order valence-electron chi connectivity index (χ3n) is 2.79. The molecule has 0 N–H and O–H groups in total. The van der Waals surface area contributed by atoms with Crippen LogP contribution in [-0.4, -0.2) is 37.7 Å². The Morgan fingerprint density at radius 3 is 2.13 bits per heavy atom. The fourth-order valence-corrected chi connectivity index (χ4v) is 2.86. The molecule has 90 valence electrons. The highest BCUT2D eigenvalue weighted by atomic mass is 31.2. The third kappa shape index (κ3) is 3.20. The van der Waals surface area contributed by atoms with Crippen molar-refractivity contribution in [1.29, 1.82) is 0 Å². The minimum absolute atomic E-state index is 0.00465. The molecule has 0 aliphatic carbocycles. The molecule has 1 aliphatic heterocycles. The molecule has 1 aliphatic rings. The van der Waals surface area contributed by atoms with Crippen molar-refractivity contribution in [2.24, 2.45) is 5.92 Å². The Morgan fingerprint density at radius 2 is 1.80 bits per heavy atom. The SMILES string of the molecule is COP(C)(=O)N1CCC(C(F)(F)F)CC1. The van der Waals surface area contributed by atoms with Crippen LogP contribution in [0.25, 0.3) is 0 Å². The molecule has 15 heavy (non-hydrogen) atoms. The Hall–Kier alpha value is -0.0600. The molecule has 0 spiro atoms. The van der Waals surface area contributed by atoms with Gasteiger partial charge in [-0.05, 0) is 12.8 Å². The third-order valence-corrected chi connectivity index (χ3v) is 4.89. The molecule has 0 amide bonds. The van der Waals surface area contributed by atoms with Crippen LogP contribution in [0.4, 0.5) is 13.2 Å². The summed E-state index contributed by atoms with van der Waals surface area (Å²) in [6.07, 6.45) is -4.12. The van der Waals surface area contributed by atoms with Gasteiger partial charge in [0.1, 0.15) is 0 Å². The predicted molar refractivity (Wildman–Crippen MR) is 50.9 cm³/mol. The van der Waals surface area contributed by atoms with E-state index in [0.29, 0.717) is 0 Å². The van der Waals surface area contributed by atoms with E-state index in [1.54, 1.807) is 0 Å². The molecule has 1 fully saturated rings. The van der Waals surface area contributed by atoms with Gasteiger partial charge in [-0.3, -0.25) is 4.57 Å². The van der Waals surface area contributed by atoms with E-state index >= 15 is 0 Å². The molecule has 1 rings (SSSR count). The number of piperidine rings is 1.